The molecule has 0 saturated carbocycles. The van der Waals surface area contributed by atoms with Crippen molar-refractivity contribution in [3.8, 4) is 0 Å². The van der Waals surface area contributed by atoms with Crippen LogP contribution in [0.1, 0.15) is 64.9 Å². The first-order valence-electron chi connectivity index (χ1n) is 14.9. The number of hydrogen-bond acceptors (Lipinski definition) is 5. The van der Waals surface area contributed by atoms with Crippen LogP contribution in [0.3, 0.4) is 0 Å². The minimum atomic E-state index is -3.64. The summed E-state index contributed by atoms with van der Waals surface area (Å²) in [5.41, 5.74) is -4.51. The van der Waals surface area contributed by atoms with Gasteiger partial charge in [-0.2, -0.15) is 0 Å². The van der Waals surface area contributed by atoms with E-state index in [1.54, 1.807) is 27.7 Å². The molecule has 2 saturated heterocycles. The molecule has 2 aliphatic heterocycles. The van der Waals surface area contributed by atoms with Crippen molar-refractivity contribution in [3.05, 3.63) is 24.2 Å². The minimum Gasteiger partial charge on any atom is -0.444 e. The summed E-state index contributed by atoms with van der Waals surface area (Å²) < 4.78 is 119. The van der Waals surface area contributed by atoms with Crippen LogP contribution in [-0.2, 0) is 14.0 Å². The fourth-order valence-corrected chi connectivity index (χ4v) is 2.27. The first-order chi connectivity index (χ1) is 17.6. The maximum absolute atomic E-state index is 12.9. The van der Waals surface area contributed by atoms with Crippen molar-refractivity contribution in [2.75, 3.05) is 30.9 Å². The van der Waals surface area contributed by atoms with Crippen molar-refractivity contribution >= 4 is 24.4 Å². The number of anilines is 1. The summed E-state index contributed by atoms with van der Waals surface area (Å²) in [6.07, 6.45) is -1.68. The lowest BCUT2D eigenvalue weighted by Gasteiger charge is -2.36. The molecule has 2 aliphatic rings. The molecule has 0 N–H and O–H groups in total. The number of hydrogen-bond donors (Lipinski definition) is 0. The van der Waals surface area contributed by atoms with Crippen molar-refractivity contribution in [2.45, 2.75) is 65.3 Å². The van der Waals surface area contributed by atoms with Gasteiger partial charge in [-0.3, -0.25) is 0 Å². The van der Waals surface area contributed by atoms with Gasteiger partial charge >= 0.3 is 13.2 Å². The molecule has 0 aromatic heterocycles. The maximum Gasteiger partial charge on any atom is 0.494 e. The van der Waals surface area contributed by atoms with Crippen LogP contribution in [0.4, 0.5) is 10.5 Å². The highest BCUT2D eigenvalue weighted by atomic mass is 16.7. The average molecular weight is 400 g/mol. The monoisotopic (exact) mass is 400 g/mol. The fraction of sp³-hybridized carbons (Fsp3) is 0.667. The predicted octanol–water partition coefficient (Wildman–Crippen LogP) is 3.04. The SMILES string of the molecule is [2H]c1c([2H])c(N2C([2H])([2H])C([2H])([2H])N(C(=O)OC(C)(C)C)C([2H])([2H])C2([2H])[2H])c([2H])c([2H])c1B1OC(C)(C)C(C)(C)O1. The highest BCUT2D eigenvalue weighted by Gasteiger charge is 2.51. The van der Waals surface area contributed by atoms with E-state index in [-0.39, 0.29) is 15.3 Å². The number of carbonyl (C=O) groups excluding carboxylic acids is 1. The third-order valence-electron chi connectivity index (χ3n) is 4.47. The predicted molar refractivity (Wildman–Crippen MR) is 112 cm³/mol. The van der Waals surface area contributed by atoms with Gasteiger partial charge in [-0.15, -0.1) is 0 Å². The van der Waals surface area contributed by atoms with Crippen LogP contribution >= 0.6 is 0 Å². The second-order valence-electron chi connectivity index (χ2n) is 8.45. The Balaban J connectivity index is 2.28. The summed E-state index contributed by atoms with van der Waals surface area (Å²) in [6.45, 7) is -3.54. The first kappa shape index (κ1) is 10.3. The van der Waals surface area contributed by atoms with Crippen LogP contribution in [0.25, 0.3) is 0 Å². The van der Waals surface area contributed by atoms with Crippen molar-refractivity contribution in [3.63, 3.8) is 0 Å². The largest absolute Gasteiger partial charge is 0.494 e. The molecule has 154 valence electrons. The zero-order valence-electron chi connectivity index (χ0n) is 29.1. The smallest absolute Gasteiger partial charge is 0.444 e. The Labute approximate surface area is 186 Å². The van der Waals surface area contributed by atoms with Gasteiger partial charge < -0.3 is 23.8 Å². The fourth-order valence-electron chi connectivity index (χ4n) is 2.27. The third-order valence-corrected chi connectivity index (χ3v) is 4.47. The summed E-state index contributed by atoms with van der Waals surface area (Å²) in [5.74, 6) is 0. The van der Waals surface area contributed by atoms with Gasteiger partial charge in [0, 0.05) is 31.7 Å². The molecule has 2 heterocycles. The van der Waals surface area contributed by atoms with E-state index in [1.807, 2.05) is 0 Å². The maximum atomic E-state index is 12.9. The van der Waals surface area contributed by atoms with Gasteiger partial charge in [0.15, 0.2) is 0 Å². The van der Waals surface area contributed by atoms with E-state index in [4.69, 9.17) is 30.5 Å². The number of nitrogens with zero attached hydrogens (tertiary/aromatic N) is 2. The van der Waals surface area contributed by atoms with Gasteiger partial charge in [-0.25, -0.2) is 4.79 Å². The zero-order valence-corrected chi connectivity index (χ0v) is 17.1. The van der Waals surface area contributed by atoms with E-state index in [0.29, 0.717) is 0 Å². The molecule has 0 bridgehead atoms. The Bertz CT molecular complexity index is 1160. The summed E-state index contributed by atoms with van der Waals surface area (Å²) in [5, 5.41) is 0. The number of amides is 1. The van der Waals surface area contributed by atoms with Crippen molar-refractivity contribution < 1.29 is 35.3 Å². The Kier molecular flexibility index (Phi) is 2.69. The van der Waals surface area contributed by atoms with Crippen molar-refractivity contribution in [2.24, 2.45) is 0 Å². The Hall–Kier alpha value is -1.73. The number of benzene rings is 1. The van der Waals surface area contributed by atoms with Crippen LogP contribution in [0.5, 0.6) is 0 Å². The molecular weight excluding hydrogens is 355 g/mol. The van der Waals surface area contributed by atoms with Crippen LogP contribution in [0, 0.1) is 0 Å². The van der Waals surface area contributed by atoms with Crippen LogP contribution in [0.15, 0.2) is 24.2 Å². The topological polar surface area (TPSA) is 51.2 Å². The molecule has 1 aromatic carbocycles. The van der Waals surface area contributed by atoms with E-state index in [1.165, 1.54) is 20.8 Å². The molecular formula is C21H33BN2O4. The summed E-state index contributed by atoms with van der Waals surface area (Å²) in [6, 6.07) is -3.54. The van der Waals surface area contributed by atoms with Gasteiger partial charge in [0.2, 0.25) is 0 Å². The molecule has 2 fully saturated rings. The van der Waals surface area contributed by atoms with E-state index < -0.39 is 85.9 Å². The lowest BCUT2D eigenvalue weighted by Crippen LogP contribution is -2.50. The quantitative estimate of drug-likeness (QED) is 0.715. The highest BCUT2D eigenvalue weighted by Crippen LogP contribution is 2.36. The first-order valence-corrected chi connectivity index (χ1v) is 8.87. The van der Waals surface area contributed by atoms with Crippen LogP contribution < -0.4 is 10.4 Å². The molecule has 28 heavy (non-hydrogen) atoms. The normalized spacial score (nSPS) is 35.2. The molecule has 0 aliphatic carbocycles. The summed E-state index contributed by atoms with van der Waals surface area (Å²) in [4.78, 5) is 12.5. The molecule has 7 heteroatoms. The molecule has 1 amide bonds. The molecule has 3 rings (SSSR count). The number of carbonyl (C=O) groups is 1. The highest BCUT2D eigenvalue weighted by molar-refractivity contribution is 6.62. The second-order valence-corrected chi connectivity index (χ2v) is 8.45. The van der Waals surface area contributed by atoms with E-state index >= 15 is 0 Å². The van der Waals surface area contributed by atoms with Gasteiger partial charge in [0.1, 0.15) is 5.60 Å². The minimum absolute atomic E-state index is 0.115. The molecule has 0 radical (unpaired) electrons. The standard InChI is InChI=1S/C21H33BN2O4/c1-19(2,3)26-18(25)24-14-12-23(13-15-24)17-10-8-16(9-11-17)22-27-20(4,5)21(6,7)28-22/h8-11H,12-15H2,1-7H3/i8D,9D,10D,11D,12D2,13D2,14D2,15D2. The number of rotatable bonds is 2. The molecule has 0 atom stereocenters. The molecule has 0 unspecified atom stereocenters. The van der Waals surface area contributed by atoms with Gasteiger partial charge in [0.05, 0.1) is 27.7 Å². The lowest BCUT2D eigenvalue weighted by molar-refractivity contribution is 0.00578. The van der Waals surface area contributed by atoms with Crippen LogP contribution in [0.2, 0.25) is 0 Å². The number of ether oxygens (including phenoxy) is 1. The Morgan fingerprint density at radius 2 is 1.57 bits per heavy atom. The average Bonchev–Trinajstić information content (AvgIpc) is 2.93. The summed E-state index contributed by atoms with van der Waals surface area (Å²) in [7, 11) is -1.37. The molecule has 0 spiro atoms. The van der Waals surface area contributed by atoms with Gasteiger partial charge in [-0.1, -0.05) is 12.1 Å². The zero-order chi connectivity index (χ0) is 31.4. The van der Waals surface area contributed by atoms with Crippen LogP contribution in [-0.4, -0.2) is 60.9 Å². The van der Waals surface area contributed by atoms with Crippen molar-refractivity contribution in [1.82, 2.24) is 4.90 Å². The number of piperazine rings is 1. The van der Waals surface area contributed by atoms with E-state index in [0.717, 1.165) is 0 Å². The second kappa shape index (κ2) is 7.27. The van der Waals surface area contributed by atoms with E-state index in [9.17, 15) is 4.79 Å². The summed E-state index contributed by atoms with van der Waals surface area (Å²) >= 11 is 0. The lowest BCUT2D eigenvalue weighted by atomic mass is 9.79. The van der Waals surface area contributed by atoms with Gasteiger partial charge in [-0.05, 0) is 66.0 Å². The van der Waals surface area contributed by atoms with Gasteiger partial charge in [0.25, 0.3) is 0 Å². The third kappa shape index (κ3) is 4.46. The van der Waals surface area contributed by atoms with Crippen molar-refractivity contribution in [1.29, 1.82) is 0 Å². The molecule has 1 aromatic rings. The van der Waals surface area contributed by atoms with E-state index in [2.05, 4.69) is 0 Å². The Morgan fingerprint density at radius 1 is 1.07 bits per heavy atom. The Morgan fingerprint density at radius 3 is 2.04 bits per heavy atom. The molecule has 6 nitrogen and oxygen atoms in total.